The van der Waals surface area contributed by atoms with Gasteiger partial charge in [-0.1, -0.05) is 0 Å². The van der Waals surface area contributed by atoms with Crippen molar-refractivity contribution in [3.8, 4) is 0 Å². The average molecular weight is 496 g/mol. The van der Waals surface area contributed by atoms with Crippen LogP contribution in [0.15, 0.2) is 0 Å². The highest BCUT2D eigenvalue weighted by atomic mass is 32.2. The van der Waals surface area contributed by atoms with Crippen LogP contribution in [-0.2, 0) is 20.1 Å². The van der Waals surface area contributed by atoms with Crippen LogP contribution < -0.4 is 0 Å². The molecule has 15 heteroatoms. The van der Waals surface area contributed by atoms with Crippen LogP contribution in [0.25, 0.3) is 0 Å². The van der Waals surface area contributed by atoms with E-state index in [0.29, 0.717) is 33.1 Å². The molecule has 0 heterocycles. The number of hydrogen-bond donors (Lipinski definition) is 1. The van der Waals surface area contributed by atoms with Gasteiger partial charge in [-0.25, -0.2) is 8.42 Å². The molecule has 0 rings (SSSR count). The van der Waals surface area contributed by atoms with Gasteiger partial charge >= 0.3 is 17.1 Å². The fourth-order valence-electron chi connectivity index (χ4n) is 2.79. The van der Waals surface area contributed by atoms with Gasteiger partial charge in [-0.15, -0.1) is 0 Å². The molecule has 0 saturated carbocycles. The van der Waals surface area contributed by atoms with E-state index in [1.165, 1.54) is 0 Å². The van der Waals surface area contributed by atoms with Crippen LogP contribution in [0.5, 0.6) is 0 Å². The first-order valence-electron chi connectivity index (χ1n) is 9.10. The number of nitrogens with zero attached hydrogens (tertiary/aromatic N) is 2. The van der Waals surface area contributed by atoms with Gasteiger partial charge in [0.05, 0.1) is 38.5 Å². The minimum atomic E-state index is -6.12. The monoisotopic (exact) mass is 495 g/mol. The third-order valence-corrected chi connectivity index (χ3v) is 7.88. The van der Waals surface area contributed by atoms with Gasteiger partial charge in [-0.05, 0) is 26.7 Å². The predicted octanol–water partition coefficient (Wildman–Crippen LogP) is 2.66. The van der Waals surface area contributed by atoms with Gasteiger partial charge in [0, 0.05) is 14.0 Å². The van der Waals surface area contributed by atoms with Crippen LogP contribution in [0, 0.1) is 0 Å². The maximum Gasteiger partial charge on any atom is 0.427 e. The van der Waals surface area contributed by atoms with E-state index in [2.05, 4.69) is 0 Å². The Hall–Kier alpha value is -0.640. The van der Waals surface area contributed by atoms with E-state index in [0.717, 1.165) is 0 Å². The van der Waals surface area contributed by atoms with Crippen LogP contribution in [0.1, 0.15) is 33.6 Å². The molecule has 0 aliphatic heterocycles. The number of quaternary nitrogens is 1. The van der Waals surface area contributed by atoms with Crippen molar-refractivity contribution >= 4 is 20.1 Å². The minimum absolute atomic E-state index is 0.0663. The largest absolute Gasteiger partial charge is 0.427 e. The van der Waals surface area contributed by atoms with E-state index in [9.17, 15) is 43.2 Å². The van der Waals surface area contributed by atoms with E-state index in [4.69, 9.17) is 4.55 Å². The maximum atomic E-state index is 13.9. The Morgan fingerprint density at radius 2 is 1.37 bits per heavy atom. The molecule has 0 aliphatic rings. The summed E-state index contributed by atoms with van der Waals surface area (Å²) in [5.41, 5.74) is 0. The fraction of sp³-hybridized carbons (Fsp3) is 1.00. The van der Waals surface area contributed by atoms with Crippen molar-refractivity contribution in [2.45, 2.75) is 50.7 Å². The Labute approximate surface area is 173 Å². The first-order chi connectivity index (χ1) is 13.2. The highest BCUT2D eigenvalue weighted by molar-refractivity contribution is 7.90. The van der Waals surface area contributed by atoms with Crippen LogP contribution in [0.2, 0.25) is 0 Å². The second-order valence-corrected chi connectivity index (χ2v) is 10.9. The van der Waals surface area contributed by atoms with Gasteiger partial charge in [0.1, 0.15) is 0 Å². The number of hydrogen-bond acceptors (Lipinski definition) is 4. The first kappa shape index (κ1) is 29.4. The summed E-state index contributed by atoms with van der Waals surface area (Å²) < 4.78 is 135. The summed E-state index contributed by atoms with van der Waals surface area (Å²) in [6.07, 6.45) is 0.400. The summed E-state index contributed by atoms with van der Waals surface area (Å²) in [6.45, 7) is 3.26. The lowest BCUT2D eigenvalue weighted by atomic mass is 10.2. The number of unbranched alkanes of at least 4 members (excludes halogenated alkanes) is 1. The smallest absolute Gasteiger partial charge is 0.323 e. The molecular formula is C15H29F6N2O5S2+. The van der Waals surface area contributed by atoms with Crippen LogP contribution >= 0.6 is 0 Å². The molecule has 182 valence electrons. The Bertz CT molecular complexity index is 765. The molecule has 0 bridgehead atoms. The zero-order chi connectivity index (χ0) is 24.2. The number of likely N-dealkylation sites (N-methyl/N-ethyl adjacent to an activating group) is 2. The van der Waals surface area contributed by atoms with Gasteiger partial charge in [-0.2, -0.15) is 39.1 Å². The fourth-order valence-corrected chi connectivity index (χ4v) is 4.57. The summed E-state index contributed by atoms with van der Waals surface area (Å²) >= 11 is 0. The maximum absolute atomic E-state index is 13.9. The van der Waals surface area contributed by atoms with E-state index in [1.807, 2.05) is 0 Å². The lowest BCUT2D eigenvalue weighted by molar-refractivity contribution is -0.924. The molecule has 0 aliphatic carbocycles. The lowest BCUT2D eigenvalue weighted by Gasteiger charge is -2.39. The molecule has 0 unspecified atom stereocenters. The molecule has 0 aromatic rings. The number of alkyl halides is 6. The molecule has 0 spiro atoms. The van der Waals surface area contributed by atoms with Crippen molar-refractivity contribution in [2.24, 2.45) is 0 Å². The molecule has 0 radical (unpaired) electrons. The second-order valence-electron chi connectivity index (χ2n) is 7.22. The van der Waals surface area contributed by atoms with Crippen LogP contribution in [0.3, 0.4) is 0 Å². The van der Waals surface area contributed by atoms with Crippen molar-refractivity contribution < 1.29 is 52.2 Å². The van der Waals surface area contributed by atoms with Crippen LogP contribution in [0.4, 0.5) is 26.3 Å². The van der Waals surface area contributed by atoms with Crippen molar-refractivity contribution in [1.29, 1.82) is 0 Å². The molecule has 0 saturated heterocycles. The predicted molar refractivity (Wildman–Crippen MR) is 98.8 cm³/mol. The first-order valence-corrected chi connectivity index (χ1v) is 12.2. The number of sulfonamides is 1. The van der Waals surface area contributed by atoms with Crippen molar-refractivity contribution in [3.05, 3.63) is 0 Å². The number of rotatable bonds is 14. The molecule has 7 nitrogen and oxygen atoms in total. The summed E-state index contributed by atoms with van der Waals surface area (Å²) in [7, 11) is -9.67. The zero-order valence-corrected chi connectivity index (χ0v) is 18.8. The molecule has 30 heavy (non-hydrogen) atoms. The summed E-state index contributed by atoms with van der Waals surface area (Å²) in [6, 6.07) is 0. The molecule has 0 amide bonds. The van der Waals surface area contributed by atoms with Crippen molar-refractivity contribution in [1.82, 2.24) is 4.31 Å². The van der Waals surface area contributed by atoms with E-state index in [-0.39, 0.29) is 21.8 Å². The minimum Gasteiger partial charge on any atom is -0.323 e. The molecule has 0 aromatic heterocycles. The van der Waals surface area contributed by atoms with E-state index >= 15 is 0 Å². The third kappa shape index (κ3) is 6.68. The van der Waals surface area contributed by atoms with Gasteiger partial charge in [0.15, 0.2) is 0 Å². The topological polar surface area (TPSA) is 91.8 Å². The Kier molecular flexibility index (Phi) is 9.67. The molecule has 0 atom stereocenters. The highest BCUT2D eigenvalue weighted by Crippen LogP contribution is 2.48. The van der Waals surface area contributed by atoms with Gasteiger partial charge in [-0.3, -0.25) is 4.55 Å². The zero-order valence-electron chi connectivity index (χ0n) is 17.2. The van der Waals surface area contributed by atoms with Gasteiger partial charge in [0.25, 0.3) is 20.1 Å². The summed E-state index contributed by atoms with van der Waals surface area (Å²) in [5.74, 6) is -11.9. The molecule has 0 fully saturated rings. The Morgan fingerprint density at radius 3 is 1.73 bits per heavy atom. The van der Waals surface area contributed by atoms with Crippen molar-refractivity contribution in [2.75, 3.05) is 45.5 Å². The Balaban J connectivity index is 5.38. The Morgan fingerprint density at radius 1 is 0.900 bits per heavy atom. The summed E-state index contributed by atoms with van der Waals surface area (Å²) in [5, 5.41) is -6.03. The number of halogens is 6. The average Bonchev–Trinajstić information content (AvgIpc) is 2.59. The SMILES string of the molecule is CC[N+](CC)(CCCCS(=O)(=O)O)CCN(C)S(=O)(=O)C(F)(F)C(F)(F)C(C)(F)F. The molecule has 0 aromatic carbocycles. The molecular weight excluding hydrogens is 466 g/mol. The molecule has 1 N–H and O–H groups in total. The van der Waals surface area contributed by atoms with Gasteiger partial charge in [0.2, 0.25) is 0 Å². The highest BCUT2D eigenvalue weighted by Gasteiger charge is 2.76. The van der Waals surface area contributed by atoms with E-state index in [1.54, 1.807) is 13.8 Å². The normalized spacial score (nSPS) is 15.1. The van der Waals surface area contributed by atoms with Crippen LogP contribution in [-0.4, -0.2) is 92.8 Å². The van der Waals surface area contributed by atoms with Crippen molar-refractivity contribution in [3.63, 3.8) is 0 Å². The van der Waals surface area contributed by atoms with Gasteiger partial charge < -0.3 is 4.48 Å². The lowest BCUT2D eigenvalue weighted by Crippen LogP contribution is -2.60. The summed E-state index contributed by atoms with van der Waals surface area (Å²) in [4.78, 5) is 0. The standard InChI is InChI=1S/C15H28F6N2O5S2/c1-5-23(6-2,10-7-8-12-29(24,25)26)11-9-22(4)30(27,28)15(20,21)14(18,19)13(3,16)17/h5-12H2,1-4H3/p+1. The third-order valence-electron chi connectivity index (χ3n) is 5.17. The quantitative estimate of drug-likeness (QED) is 0.173. The van der Waals surface area contributed by atoms with E-state index < -0.39 is 56.5 Å². The second kappa shape index (κ2) is 9.88.